The summed E-state index contributed by atoms with van der Waals surface area (Å²) in [6.07, 6.45) is -2.43. The summed E-state index contributed by atoms with van der Waals surface area (Å²) >= 11 is 0. The fraction of sp³-hybridized carbons (Fsp3) is 0.579. The smallest absolute Gasteiger partial charge is 0.408 e. The summed E-state index contributed by atoms with van der Waals surface area (Å²) in [6, 6.07) is 4.71. The molecule has 1 aromatic rings. The van der Waals surface area contributed by atoms with Gasteiger partial charge in [-0.15, -0.1) is 0 Å². The van der Waals surface area contributed by atoms with Crippen molar-refractivity contribution in [1.82, 2.24) is 10.6 Å². The molecule has 9 nitrogen and oxygen atoms in total. The van der Waals surface area contributed by atoms with Crippen molar-refractivity contribution < 1.29 is 42.0 Å². The number of amides is 2. The van der Waals surface area contributed by atoms with Crippen LogP contribution in [-0.4, -0.2) is 47.6 Å². The Morgan fingerprint density at radius 3 is 2.45 bits per heavy atom. The number of hydrogen-bond donors (Lipinski definition) is 4. The van der Waals surface area contributed by atoms with Crippen molar-refractivity contribution in [2.24, 2.45) is 5.89 Å². The van der Waals surface area contributed by atoms with Gasteiger partial charge in [0.25, 0.3) is 10.1 Å². The van der Waals surface area contributed by atoms with Gasteiger partial charge in [-0.1, -0.05) is 57.4 Å². The average molecular weight is 438 g/mol. The first-order valence-corrected chi connectivity index (χ1v) is 10.3. The van der Waals surface area contributed by atoms with E-state index in [-0.39, 0.29) is 19.4 Å². The van der Waals surface area contributed by atoms with Gasteiger partial charge in [0, 0.05) is 9.60 Å². The molecule has 0 radical (unpaired) electrons. The second kappa shape index (κ2) is 11.7. The van der Waals surface area contributed by atoms with Crippen LogP contribution >= 0.6 is 0 Å². The zero-order valence-corrected chi connectivity index (χ0v) is 16.6. The summed E-state index contributed by atoms with van der Waals surface area (Å²) < 4.78 is 90.5. The number of nitrogens with one attached hydrogen (secondary N) is 2. The SMILES string of the molecule is [2H]C([2H])([2H])C([2H])(C[C@H](NC(=O)OCc1ccccc1)C(=O)N[C@@H](CCC)C(O)S(=O)(=O)O)C([2H])([2H])[2H]. The number of carbonyl (C=O) groups is 2. The van der Waals surface area contributed by atoms with Crippen LogP contribution in [0.5, 0.6) is 0 Å². The van der Waals surface area contributed by atoms with Crippen molar-refractivity contribution in [3.8, 4) is 0 Å². The highest BCUT2D eigenvalue weighted by Crippen LogP contribution is 2.11. The maximum absolute atomic E-state index is 13.0. The van der Waals surface area contributed by atoms with Crippen LogP contribution in [0, 0.1) is 5.89 Å². The Morgan fingerprint density at radius 2 is 1.90 bits per heavy atom. The molecule has 0 fully saturated rings. The van der Waals surface area contributed by atoms with Gasteiger partial charge >= 0.3 is 6.09 Å². The number of alkyl carbamates (subject to hydrolysis) is 1. The number of aliphatic hydroxyl groups is 1. The molecule has 0 aliphatic rings. The largest absolute Gasteiger partial charge is 0.445 e. The predicted molar refractivity (Wildman–Crippen MR) is 107 cm³/mol. The summed E-state index contributed by atoms with van der Waals surface area (Å²) in [4.78, 5) is 25.4. The topological polar surface area (TPSA) is 142 Å². The van der Waals surface area contributed by atoms with E-state index in [2.05, 4.69) is 5.32 Å². The van der Waals surface area contributed by atoms with Gasteiger partial charge in [-0.3, -0.25) is 9.35 Å². The number of aliphatic hydroxyl groups excluding tert-OH is 1. The molecule has 2 amide bonds. The first-order chi connectivity index (χ1) is 16.3. The van der Waals surface area contributed by atoms with Gasteiger partial charge in [-0.25, -0.2) is 4.79 Å². The Balaban J connectivity index is 3.26. The van der Waals surface area contributed by atoms with Gasteiger partial charge in [0.2, 0.25) is 11.3 Å². The van der Waals surface area contributed by atoms with Gasteiger partial charge in [-0.05, 0) is 24.3 Å². The molecule has 0 bridgehead atoms. The molecule has 0 spiro atoms. The van der Waals surface area contributed by atoms with Crippen molar-refractivity contribution in [3.05, 3.63) is 35.9 Å². The van der Waals surface area contributed by atoms with E-state index in [0.29, 0.717) is 5.56 Å². The fourth-order valence-corrected chi connectivity index (χ4v) is 3.03. The third kappa shape index (κ3) is 9.25. The highest BCUT2D eigenvalue weighted by atomic mass is 32.2. The zero-order chi connectivity index (χ0) is 27.9. The molecule has 1 unspecified atom stereocenters. The Labute approximate surface area is 181 Å². The minimum absolute atomic E-state index is 0.164. The third-order valence-corrected chi connectivity index (χ3v) is 4.75. The monoisotopic (exact) mass is 437 g/mol. The van der Waals surface area contributed by atoms with Crippen molar-refractivity contribution in [2.45, 2.75) is 64.0 Å². The molecule has 0 saturated carbocycles. The van der Waals surface area contributed by atoms with E-state index in [1.165, 1.54) is 0 Å². The number of carbonyl (C=O) groups excluding carboxylic acids is 2. The minimum atomic E-state index is -5.03. The average Bonchev–Trinajstić information content (AvgIpc) is 2.74. The normalized spacial score (nSPS) is 19.5. The summed E-state index contributed by atoms with van der Waals surface area (Å²) in [5.74, 6) is -4.52. The van der Waals surface area contributed by atoms with E-state index in [1.807, 2.05) is 5.32 Å². The molecule has 0 aliphatic carbocycles. The summed E-state index contributed by atoms with van der Waals surface area (Å²) in [5, 5.41) is 14.0. The molecule has 4 N–H and O–H groups in total. The molecule has 10 heteroatoms. The maximum atomic E-state index is 13.0. The third-order valence-electron chi connectivity index (χ3n) is 3.81. The molecular weight excluding hydrogens is 400 g/mol. The second-order valence-electron chi connectivity index (χ2n) is 6.25. The lowest BCUT2D eigenvalue weighted by Gasteiger charge is -2.26. The Hall–Kier alpha value is -2.17. The van der Waals surface area contributed by atoms with Gasteiger partial charge in [0.1, 0.15) is 12.6 Å². The summed E-state index contributed by atoms with van der Waals surface area (Å²) in [5.41, 5.74) is -1.90. The Kier molecular flexibility index (Phi) is 6.33. The van der Waals surface area contributed by atoms with Crippen LogP contribution in [0.3, 0.4) is 0 Å². The van der Waals surface area contributed by atoms with Gasteiger partial charge < -0.3 is 20.5 Å². The number of ether oxygens (including phenoxy) is 1. The van der Waals surface area contributed by atoms with Crippen LogP contribution in [0.15, 0.2) is 30.3 Å². The van der Waals surface area contributed by atoms with Gasteiger partial charge in [0.05, 0.1) is 6.04 Å². The highest BCUT2D eigenvalue weighted by molar-refractivity contribution is 7.86. The molecule has 164 valence electrons. The van der Waals surface area contributed by atoms with Crippen molar-refractivity contribution in [2.75, 3.05) is 0 Å². The quantitative estimate of drug-likeness (QED) is 0.387. The standard InChI is InChI=1S/C19H30N2O7S/c1-4-8-15(18(23)29(25,26)27)20-17(22)16(11-13(2)3)21-19(24)28-12-14-9-6-5-7-10-14/h5-7,9-10,13,15-16,18,23H,4,8,11-12H2,1-3H3,(H,20,22)(H,21,24)(H,25,26,27)/t15-,16-,18?/m0/s1/i2D3,3D3,13D. The van der Waals surface area contributed by atoms with Crippen molar-refractivity contribution in [3.63, 3.8) is 0 Å². The maximum Gasteiger partial charge on any atom is 0.408 e. The van der Waals surface area contributed by atoms with E-state index in [4.69, 9.17) is 18.9 Å². The molecule has 0 heterocycles. The zero-order valence-electron chi connectivity index (χ0n) is 22.8. The van der Waals surface area contributed by atoms with E-state index >= 15 is 0 Å². The van der Waals surface area contributed by atoms with Crippen LogP contribution in [-0.2, 0) is 26.3 Å². The second-order valence-corrected chi connectivity index (χ2v) is 7.76. The highest BCUT2D eigenvalue weighted by Gasteiger charge is 2.33. The first-order valence-electron chi connectivity index (χ1n) is 12.3. The van der Waals surface area contributed by atoms with E-state index in [9.17, 15) is 23.1 Å². The van der Waals surface area contributed by atoms with Crippen LogP contribution in [0.25, 0.3) is 0 Å². The lowest BCUT2D eigenvalue weighted by atomic mass is 10.0. The van der Waals surface area contributed by atoms with Crippen LogP contribution < -0.4 is 10.6 Å². The number of rotatable bonds is 11. The molecular formula is C19H30N2O7S. The molecule has 29 heavy (non-hydrogen) atoms. The first kappa shape index (κ1) is 15.6. The van der Waals surface area contributed by atoms with Crippen LogP contribution in [0.1, 0.15) is 55.0 Å². The molecule has 1 aromatic carbocycles. The molecule has 0 aromatic heterocycles. The lowest BCUT2D eigenvalue weighted by molar-refractivity contribution is -0.124. The van der Waals surface area contributed by atoms with E-state index < -0.39 is 65.7 Å². The van der Waals surface area contributed by atoms with Crippen molar-refractivity contribution >= 4 is 22.1 Å². The molecule has 0 aliphatic heterocycles. The van der Waals surface area contributed by atoms with Crippen LogP contribution in [0.4, 0.5) is 4.79 Å². The fourth-order valence-electron chi connectivity index (χ4n) is 2.41. The van der Waals surface area contributed by atoms with Gasteiger partial charge in [0.15, 0.2) is 0 Å². The summed E-state index contributed by atoms with van der Waals surface area (Å²) in [7, 11) is -5.03. The lowest BCUT2D eigenvalue weighted by Crippen LogP contribution is -2.54. The summed E-state index contributed by atoms with van der Waals surface area (Å²) in [6.45, 7) is -5.54. The minimum Gasteiger partial charge on any atom is -0.445 e. The van der Waals surface area contributed by atoms with Crippen molar-refractivity contribution in [1.29, 1.82) is 0 Å². The Bertz CT molecular complexity index is 974. The Morgan fingerprint density at radius 1 is 1.24 bits per heavy atom. The number of benzene rings is 1. The predicted octanol–water partition coefficient (Wildman–Crippen LogP) is 1.82. The van der Waals surface area contributed by atoms with Crippen LogP contribution in [0.2, 0.25) is 0 Å². The van der Waals surface area contributed by atoms with Gasteiger partial charge in [-0.2, -0.15) is 8.42 Å². The van der Waals surface area contributed by atoms with E-state index in [1.54, 1.807) is 37.3 Å². The molecule has 0 saturated heterocycles. The molecule has 1 rings (SSSR count). The molecule has 3 atom stereocenters. The number of hydrogen-bond acceptors (Lipinski definition) is 6. The van der Waals surface area contributed by atoms with E-state index in [0.717, 1.165) is 0 Å².